The molecular formula is C13H20N2O4S. The lowest BCUT2D eigenvalue weighted by Crippen LogP contribution is -2.42. The zero-order valence-corrected chi connectivity index (χ0v) is 12.3. The summed E-state index contributed by atoms with van der Waals surface area (Å²) in [6.07, 6.45) is 3.64. The summed E-state index contributed by atoms with van der Waals surface area (Å²) in [5, 5.41) is 9.01. The molecule has 20 heavy (non-hydrogen) atoms. The topological polar surface area (TPSA) is 96.4 Å². The summed E-state index contributed by atoms with van der Waals surface area (Å²) in [4.78, 5) is 15.1. The summed E-state index contributed by atoms with van der Waals surface area (Å²) in [5.74, 6) is -1.31. The third kappa shape index (κ3) is 6.12. The van der Waals surface area contributed by atoms with Gasteiger partial charge in [0.1, 0.15) is 6.04 Å². The molecular weight excluding hydrogens is 280 g/mol. The summed E-state index contributed by atoms with van der Waals surface area (Å²) in [6.45, 7) is 1.93. The molecule has 0 saturated heterocycles. The molecule has 0 unspecified atom stereocenters. The van der Waals surface area contributed by atoms with E-state index in [1.807, 2.05) is 6.92 Å². The van der Waals surface area contributed by atoms with Crippen LogP contribution < -0.4 is 4.72 Å². The Balaban J connectivity index is 2.56. The van der Waals surface area contributed by atoms with Crippen molar-refractivity contribution in [3.05, 3.63) is 30.1 Å². The fourth-order valence-electron chi connectivity index (χ4n) is 1.70. The molecule has 0 fully saturated rings. The number of aliphatic carboxylic acids is 1. The highest BCUT2D eigenvalue weighted by Gasteiger charge is 2.23. The van der Waals surface area contributed by atoms with Gasteiger partial charge < -0.3 is 5.11 Å². The molecule has 0 aliphatic heterocycles. The number of sulfonamides is 1. The molecule has 1 heterocycles. The lowest BCUT2D eigenvalue weighted by Gasteiger charge is -2.14. The highest BCUT2D eigenvalue weighted by atomic mass is 32.2. The van der Waals surface area contributed by atoms with Crippen LogP contribution in [0.25, 0.3) is 0 Å². The van der Waals surface area contributed by atoms with Crippen molar-refractivity contribution in [3.8, 4) is 0 Å². The molecule has 0 radical (unpaired) electrons. The van der Waals surface area contributed by atoms with Crippen LogP contribution >= 0.6 is 0 Å². The van der Waals surface area contributed by atoms with Crippen molar-refractivity contribution in [1.29, 1.82) is 0 Å². The van der Waals surface area contributed by atoms with Gasteiger partial charge in [0.05, 0.1) is 5.75 Å². The first kappa shape index (κ1) is 16.6. The van der Waals surface area contributed by atoms with E-state index in [1.54, 1.807) is 24.4 Å². The first-order valence-electron chi connectivity index (χ1n) is 6.57. The lowest BCUT2D eigenvalue weighted by atomic mass is 10.1. The number of hydrogen-bond acceptors (Lipinski definition) is 4. The Labute approximate surface area is 119 Å². The molecule has 1 aromatic heterocycles. The van der Waals surface area contributed by atoms with Gasteiger partial charge in [0.25, 0.3) is 0 Å². The van der Waals surface area contributed by atoms with Gasteiger partial charge in [-0.1, -0.05) is 25.8 Å². The highest BCUT2D eigenvalue weighted by Crippen LogP contribution is 2.04. The molecule has 0 aliphatic rings. The molecule has 0 bridgehead atoms. The fraction of sp³-hybridized carbons (Fsp3) is 0.538. The van der Waals surface area contributed by atoms with Crippen molar-refractivity contribution in [2.45, 2.75) is 38.6 Å². The number of nitrogens with one attached hydrogen (secondary N) is 1. The summed E-state index contributed by atoms with van der Waals surface area (Å²) in [6, 6.07) is 4.22. The van der Waals surface area contributed by atoms with Crippen LogP contribution in [0.4, 0.5) is 0 Å². The van der Waals surface area contributed by atoms with Crippen molar-refractivity contribution in [3.63, 3.8) is 0 Å². The molecule has 0 saturated carbocycles. The minimum Gasteiger partial charge on any atom is -0.480 e. The van der Waals surface area contributed by atoms with E-state index in [0.717, 1.165) is 6.42 Å². The first-order chi connectivity index (χ1) is 9.44. The van der Waals surface area contributed by atoms with Gasteiger partial charge in [-0.3, -0.25) is 9.78 Å². The second-order valence-corrected chi connectivity index (χ2v) is 6.41. The van der Waals surface area contributed by atoms with Crippen molar-refractivity contribution in [1.82, 2.24) is 9.71 Å². The van der Waals surface area contributed by atoms with E-state index in [1.165, 1.54) is 0 Å². The van der Waals surface area contributed by atoms with Gasteiger partial charge in [-0.25, -0.2) is 13.1 Å². The number of hydrogen-bond donors (Lipinski definition) is 2. The van der Waals surface area contributed by atoms with Gasteiger partial charge in [0.15, 0.2) is 0 Å². The molecule has 1 rings (SSSR count). The number of pyridine rings is 1. The van der Waals surface area contributed by atoms with Crippen LogP contribution in [0.15, 0.2) is 24.4 Å². The number of carbonyl (C=O) groups is 1. The van der Waals surface area contributed by atoms with Crippen LogP contribution in [0.5, 0.6) is 0 Å². The minimum atomic E-state index is -3.63. The van der Waals surface area contributed by atoms with Crippen LogP contribution in [0, 0.1) is 0 Å². The van der Waals surface area contributed by atoms with Crippen LogP contribution in [0.2, 0.25) is 0 Å². The Morgan fingerprint density at radius 2 is 2.20 bits per heavy atom. The molecule has 0 spiro atoms. The van der Waals surface area contributed by atoms with E-state index in [0.29, 0.717) is 18.5 Å². The first-order valence-corrected chi connectivity index (χ1v) is 8.22. The van der Waals surface area contributed by atoms with Gasteiger partial charge in [-0.05, 0) is 18.6 Å². The third-order valence-corrected chi connectivity index (χ3v) is 4.20. The summed E-state index contributed by atoms with van der Waals surface area (Å²) >= 11 is 0. The zero-order valence-electron chi connectivity index (χ0n) is 11.4. The van der Waals surface area contributed by atoms with Crippen LogP contribution in [0.3, 0.4) is 0 Å². The molecule has 112 valence electrons. The number of unbranched alkanes of at least 4 members (excludes halogenated alkanes) is 1. The van der Waals surface area contributed by atoms with E-state index >= 15 is 0 Å². The number of carboxylic acid groups (broad SMARTS) is 1. The van der Waals surface area contributed by atoms with E-state index in [9.17, 15) is 13.2 Å². The van der Waals surface area contributed by atoms with Crippen LogP contribution in [-0.4, -0.2) is 36.3 Å². The lowest BCUT2D eigenvalue weighted by molar-refractivity contribution is -0.139. The Morgan fingerprint density at radius 1 is 1.45 bits per heavy atom. The third-order valence-electron chi connectivity index (χ3n) is 2.82. The molecule has 1 aromatic rings. The molecule has 0 aliphatic carbocycles. The molecule has 7 heteroatoms. The van der Waals surface area contributed by atoms with Gasteiger partial charge in [-0.15, -0.1) is 0 Å². The average Bonchev–Trinajstić information content (AvgIpc) is 2.42. The van der Waals surface area contributed by atoms with Crippen LogP contribution in [0.1, 0.15) is 31.9 Å². The molecule has 0 amide bonds. The van der Waals surface area contributed by atoms with Crippen molar-refractivity contribution < 1.29 is 18.3 Å². The standard InChI is InChI=1S/C13H20N2O4S/c1-2-3-7-12(13(16)17)15-20(18,19)10-8-11-6-4-5-9-14-11/h4-6,9,12,15H,2-3,7-8,10H2,1H3,(H,16,17)/t12-/m0/s1. The number of aromatic nitrogens is 1. The van der Waals surface area contributed by atoms with E-state index in [-0.39, 0.29) is 12.2 Å². The molecule has 2 N–H and O–H groups in total. The van der Waals surface area contributed by atoms with Crippen molar-refractivity contribution in [2.75, 3.05) is 5.75 Å². The number of nitrogens with zero attached hydrogens (tertiary/aromatic N) is 1. The summed E-state index contributed by atoms with van der Waals surface area (Å²) in [7, 11) is -3.63. The maximum atomic E-state index is 11.9. The van der Waals surface area contributed by atoms with Crippen LogP contribution in [-0.2, 0) is 21.2 Å². The quantitative estimate of drug-likeness (QED) is 0.714. The summed E-state index contributed by atoms with van der Waals surface area (Å²) < 4.78 is 26.0. The van der Waals surface area contributed by atoms with E-state index in [2.05, 4.69) is 9.71 Å². The minimum absolute atomic E-state index is 0.167. The predicted octanol–water partition coefficient (Wildman–Crippen LogP) is 1.19. The normalized spacial score (nSPS) is 13.1. The monoisotopic (exact) mass is 300 g/mol. The van der Waals surface area contributed by atoms with Gasteiger partial charge in [0, 0.05) is 18.3 Å². The Morgan fingerprint density at radius 3 is 2.75 bits per heavy atom. The smallest absolute Gasteiger partial charge is 0.321 e. The maximum Gasteiger partial charge on any atom is 0.321 e. The Hall–Kier alpha value is -1.47. The van der Waals surface area contributed by atoms with Gasteiger partial charge in [0.2, 0.25) is 10.0 Å². The number of carboxylic acids is 1. The second-order valence-electron chi connectivity index (χ2n) is 4.54. The fourth-order valence-corrected chi connectivity index (χ4v) is 2.95. The highest BCUT2D eigenvalue weighted by molar-refractivity contribution is 7.89. The predicted molar refractivity (Wildman–Crippen MR) is 75.8 cm³/mol. The Bertz CT molecular complexity index is 516. The molecule has 0 aromatic carbocycles. The summed E-state index contributed by atoms with van der Waals surface area (Å²) in [5.41, 5.74) is 0.665. The largest absolute Gasteiger partial charge is 0.480 e. The molecule has 6 nitrogen and oxygen atoms in total. The zero-order chi connectivity index (χ0) is 15.0. The van der Waals surface area contributed by atoms with E-state index < -0.39 is 22.0 Å². The number of aryl methyl sites for hydroxylation is 1. The SMILES string of the molecule is CCCC[C@H](NS(=O)(=O)CCc1ccccn1)C(=O)O. The maximum absolute atomic E-state index is 11.9. The second kappa shape index (κ2) is 7.96. The van der Waals surface area contributed by atoms with Crippen molar-refractivity contribution in [2.24, 2.45) is 0 Å². The number of rotatable bonds is 9. The average molecular weight is 300 g/mol. The van der Waals surface area contributed by atoms with E-state index in [4.69, 9.17) is 5.11 Å². The molecule has 1 atom stereocenters. The van der Waals surface area contributed by atoms with Gasteiger partial charge in [-0.2, -0.15) is 0 Å². The van der Waals surface area contributed by atoms with Crippen molar-refractivity contribution >= 4 is 16.0 Å². The Kier molecular flexibility index (Phi) is 6.60. The van der Waals surface area contributed by atoms with Gasteiger partial charge >= 0.3 is 5.97 Å².